The predicted octanol–water partition coefficient (Wildman–Crippen LogP) is 4.60. The molecule has 0 aliphatic carbocycles. The van der Waals surface area contributed by atoms with E-state index in [0.717, 1.165) is 16.5 Å². The first-order valence-corrected chi connectivity index (χ1v) is 11.2. The van der Waals surface area contributed by atoms with Crippen LogP contribution in [0.1, 0.15) is 33.4 Å². The Morgan fingerprint density at radius 2 is 1.83 bits per heavy atom. The van der Waals surface area contributed by atoms with E-state index >= 15 is 0 Å². The topological polar surface area (TPSA) is 53.8 Å². The maximum Gasteiger partial charge on any atom is 0.290 e. The molecule has 0 bridgehead atoms. The zero-order valence-electron chi connectivity index (χ0n) is 17.0. The first kappa shape index (κ1) is 20.5. The summed E-state index contributed by atoms with van der Waals surface area (Å²) in [7, 11) is 0. The molecule has 0 atom stereocenters. The molecular weight excluding hydrogens is 403 g/mol. The van der Waals surface area contributed by atoms with E-state index in [1.54, 1.807) is 28.8 Å². The molecule has 1 aliphatic heterocycles. The standard InChI is InChI=1S/C23H23FN2O3S/c1-15(27)16-7-8-20(19(24)13-16)25-9-11-26(12-10-25)23(28)22-18(14-30-2)17-5-3-4-6-21(17)29-22/h3-8,13H,9-12,14H2,1-2H3. The Balaban J connectivity index is 1.51. The Morgan fingerprint density at radius 3 is 2.50 bits per heavy atom. The Hall–Kier alpha value is -2.80. The van der Waals surface area contributed by atoms with Gasteiger partial charge in [-0.2, -0.15) is 11.8 Å². The zero-order chi connectivity index (χ0) is 21.3. The number of halogens is 1. The quantitative estimate of drug-likeness (QED) is 0.558. The maximum atomic E-state index is 14.5. The molecule has 0 radical (unpaired) electrons. The molecule has 156 valence electrons. The summed E-state index contributed by atoms with van der Waals surface area (Å²) in [5.41, 5.74) is 2.46. The molecule has 4 rings (SSSR count). The first-order valence-electron chi connectivity index (χ1n) is 9.83. The van der Waals surface area contributed by atoms with Crippen molar-refractivity contribution in [3.8, 4) is 0 Å². The molecule has 1 amide bonds. The average molecular weight is 427 g/mol. The molecule has 1 aromatic heterocycles. The van der Waals surface area contributed by atoms with Gasteiger partial charge in [-0.05, 0) is 37.4 Å². The van der Waals surface area contributed by atoms with Crippen LogP contribution in [0.3, 0.4) is 0 Å². The number of furan rings is 1. The van der Waals surface area contributed by atoms with Crippen LogP contribution in [0.5, 0.6) is 0 Å². The van der Waals surface area contributed by atoms with Crippen molar-refractivity contribution >= 4 is 40.1 Å². The molecular formula is C23H23FN2O3S. The lowest BCUT2D eigenvalue weighted by Gasteiger charge is -2.36. The molecule has 2 heterocycles. The van der Waals surface area contributed by atoms with Crippen molar-refractivity contribution in [2.75, 3.05) is 37.3 Å². The average Bonchev–Trinajstić information content (AvgIpc) is 3.12. The fraction of sp³-hybridized carbons (Fsp3) is 0.304. The fourth-order valence-corrected chi connectivity index (χ4v) is 4.41. The number of benzene rings is 2. The van der Waals surface area contributed by atoms with E-state index in [1.165, 1.54) is 13.0 Å². The van der Waals surface area contributed by atoms with E-state index in [1.807, 2.05) is 35.4 Å². The number of carbonyl (C=O) groups excluding carboxylic acids is 2. The van der Waals surface area contributed by atoms with Crippen molar-refractivity contribution in [1.29, 1.82) is 0 Å². The van der Waals surface area contributed by atoms with Gasteiger partial charge in [-0.1, -0.05) is 18.2 Å². The van der Waals surface area contributed by atoms with Gasteiger partial charge in [0.2, 0.25) is 0 Å². The molecule has 1 aliphatic rings. The summed E-state index contributed by atoms with van der Waals surface area (Å²) in [6.45, 7) is 3.40. The number of piperazine rings is 1. The van der Waals surface area contributed by atoms with Gasteiger partial charge >= 0.3 is 0 Å². The fourth-order valence-electron chi connectivity index (χ4n) is 3.84. The van der Waals surface area contributed by atoms with Crippen LogP contribution in [0.25, 0.3) is 11.0 Å². The van der Waals surface area contributed by atoms with E-state index in [-0.39, 0.29) is 11.7 Å². The number of rotatable bonds is 5. The lowest BCUT2D eigenvalue weighted by Crippen LogP contribution is -2.49. The van der Waals surface area contributed by atoms with E-state index < -0.39 is 5.82 Å². The summed E-state index contributed by atoms with van der Waals surface area (Å²) in [4.78, 5) is 28.3. The van der Waals surface area contributed by atoms with Gasteiger partial charge in [-0.15, -0.1) is 0 Å². The number of hydrogen-bond acceptors (Lipinski definition) is 5. The van der Waals surface area contributed by atoms with Crippen molar-refractivity contribution in [1.82, 2.24) is 4.90 Å². The summed E-state index contributed by atoms with van der Waals surface area (Å²) in [5.74, 6) is 0.397. The summed E-state index contributed by atoms with van der Waals surface area (Å²) in [5, 5.41) is 0.974. The zero-order valence-corrected chi connectivity index (χ0v) is 17.8. The second-order valence-electron chi connectivity index (χ2n) is 7.34. The molecule has 2 aromatic carbocycles. The number of fused-ring (bicyclic) bond motifs is 1. The van der Waals surface area contributed by atoms with Crippen molar-refractivity contribution in [3.05, 3.63) is 65.2 Å². The predicted molar refractivity (Wildman–Crippen MR) is 118 cm³/mol. The van der Waals surface area contributed by atoms with Crippen molar-refractivity contribution < 1.29 is 18.4 Å². The molecule has 0 unspecified atom stereocenters. The SMILES string of the molecule is CSCc1c(C(=O)N2CCN(c3ccc(C(C)=O)cc3F)CC2)oc2ccccc12. The van der Waals surface area contributed by atoms with Gasteiger partial charge in [-0.3, -0.25) is 9.59 Å². The number of amides is 1. The summed E-state index contributed by atoms with van der Waals surface area (Å²) < 4.78 is 20.4. The number of ketones is 1. The number of anilines is 1. The van der Waals surface area contributed by atoms with Gasteiger partial charge in [0.05, 0.1) is 5.69 Å². The van der Waals surface area contributed by atoms with Gasteiger partial charge in [0.1, 0.15) is 11.4 Å². The minimum Gasteiger partial charge on any atom is -0.451 e. The van der Waals surface area contributed by atoms with Crippen LogP contribution in [0.4, 0.5) is 10.1 Å². The molecule has 30 heavy (non-hydrogen) atoms. The molecule has 0 saturated carbocycles. The summed E-state index contributed by atoms with van der Waals surface area (Å²) in [6.07, 6.45) is 2.00. The van der Waals surface area contributed by atoms with Crippen molar-refractivity contribution in [2.45, 2.75) is 12.7 Å². The Morgan fingerprint density at radius 1 is 1.10 bits per heavy atom. The van der Waals surface area contributed by atoms with Crippen LogP contribution in [0.2, 0.25) is 0 Å². The summed E-state index contributed by atoms with van der Waals surface area (Å²) >= 11 is 1.65. The van der Waals surface area contributed by atoms with Crippen molar-refractivity contribution in [2.24, 2.45) is 0 Å². The molecule has 7 heteroatoms. The minimum absolute atomic E-state index is 0.123. The van der Waals surface area contributed by atoms with Gasteiger partial charge in [-0.25, -0.2) is 4.39 Å². The lowest BCUT2D eigenvalue weighted by atomic mass is 10.1. The highest BCUT2D eigenvalue weighted by Gasteiger charge is 2.28. The van der Waals surface area contributed by atoms with E-state index in [0.29, 0.717) is 48.9 Å². The number of para-hydroxylation sites is 1. The lowest BCUT2D eigenvalue weighted by molar-refractivity contribution is 0.0715. The van der Waals surface area contributed by atoms with E-state index in [2.05, 4.69) is 0 Å². The largest absolute Gasteiger partial charge is 0.451 e. The number of Topliss-reactive ketones (excluding diaryl/α,β-unsaturated/α-hetero) is 1. The Bertz CT molecular complexity index is 1100. The molecule has 0 N–H and O–H groups in total. The van der Waals surface area contributed by atoms with Crippen LogP contribution < -0.4 is 4.90 Å². The third kappa shape index (κ3) is 3.81. The first-order chi connectivity index (χ1) is 14.5. The summed E-state index contributed by atoms with van der Waals surface area (Å²) in [6, 6.07) is 12.3. The highest BCUT2D eigenvalue weighted by Crippen LogP contribution is 2.30. The molecule has 3 aromatic rings. The maximum absolute atomic E-state index is 14.5. The molecule has 5 nitrogen and oxygen atoms in total. The smallest absolute Gasteiger partial charge is 0.290 e. The number of nitrogens with zero attached hydrogens (tertiary/aromatic N) is 2. The number of carbonyl (C=O) groups is 2. The third-order valence-corrected chi connectivity index (χ3v) is 6.02. The van der Waals surface area contributed by atoms with Gasteiger partial charge in [0.15, 0.2) is 11.5 Å². The highest BCUT2D eigenvalue weighted by atomic mass is 32.2. The normalized spacial score (nSPS) is 14.4. The van der Waals surface area contributed by atoms with Crippen LogP contribution >= 0.6 is 11.8 Å². The van der Waals surface area contributed by atoms with Crippen molar-refractivity contribution in [3.63, 3.8) is 0 Å². The third-order valence-electron chi connectivity index (χ3n) is 5.44. The molecule has 1 saturated heterocycles. The second-order valence-corrected chi connectivity index (χ2v) is 8.21. The monoisotopic (exact) mass is 426 g/mol. The van der Waals surface area contributed by atoms with Gasteiger partial charge < -0.3 is 14.2 Å². The second kappa shape index (κ2) is 8.52. The molecule has 0 spiro atoms. The number of thioether (sulfide) groups is 1. The Kier molecular flexibility index (Phi) is 5.81. The van der Waals surface area contributed by atoms with Crippen LogP contribution in [-0.2, 0) is 5.75 Å². The van der Waals surface area contributed by atoms with E-state index in [4.69, 9.17) is 4.42 Å². The molecule has 1 fully saturated rings. The van der Waals surface area contributed by atoms with Gasteiger partial charge in [0.25, 0.3) is 5.91 Å². The number of hydrogen-bond donors (Lipinski definition) is 0. The minimum atomic E-state index is -0.415. The van der Waals surface area contributed by atoms with E-state index in [9.17, 15) is 14.0 Å². The highest BCUT2D eigenvalue weighted by molar-refractivity contribution is 7.97. The van der Waals surface area contributed by atoms with Crippen LogP contribution in [0.15, 0.2) is 46.9 Å². The van der Waals surface area contributed by atoms with Crippen LogP contribution in [-0.4, -0.2) is 49.0 Å². The van der Waals surface area contributed by atoms with Gasteiger partial charge in [0, 0.05) is 48.4 Å². The van der Waals surface area contributed by atoms with Crippen LogP contribution in [0, 0.1) is 5.82 Å². The Labute approximate surface area is 178 Å².